The summed E-state index contributed by atoms with van der Waals surface area (Å²) in [7, 11) is 0. The van der Waals surface area contributed by atoms with Crippen molar-refractivity contribution in [1.82, 2.24) is 10.6 Å². The molecule has 114 valence electrons. The normalized spacial score (nSPS) is 21.2. The van der Waals surface area contributed by atoms with Crippen LogP contribution in [0.4, 0.5) is 4.79 Å². The molecule has 0 unspecified atom stereocenters. The smallest absolute Gasteiger partial charge is 0.329 e. The van der Waals surface area contributed by atoms with Crippen LogP contribution in [0.3, 0.4) is 0 Å². The van der Waals surface area contributed by atoms with Crippen LogP contribution < -0.4 is 10.6 Å². The van der Waals surface area contributed by atoms with Crippen molar-refractivity contribution < 1.29 is 24.2 Å². The molecule has 1 aliphatic heterocycles. The maximum absolute atomic E-state index is 11.7. The second-order valence-corrected chi connectivity index (χ2v) is 5.40. The van der Waals surface area contributed by atoms with Crippen molar-refractivity contribution in [1.29, 1.82) is 0 Å². The van der Waals surface area contributed by atoms with Gasteiger partial charge in [-0.1, -0.05) is 0 Å². The van der Waals surface area contributed by atoms with Crippen molar-refractivity contribution in [2.24, 2.45) is 5.92 Å². The van der Waals surface area contributed by atoms with Gasteiger partial charge in [0.05, 0.1) is 6.61 Å². The third kappa shape index (κ3) is 4.35. The number of hydrogen-bond acceptors (Lipinski definition) is 4. The molecule has 0 bridgehead atoms. The van der Waals surface area contributed by atoms with Crippen molar-refractivity contribution in [3.63, 3.8) is 0 Å². The van der Waals surface area contributed by atoms with Crippen LogP contribution in [-0.4, -0.2) is 55.6 Å². The molecule has 7 heteroatoms. The first-order valence-electron chi connectivity index (χ1n) is 7.07. The van der Waals surface area contributed by atoms with Crippen LogP contribution in [0.2, 0.25) is 0 Å². The van der Waals surface area contributed by atoms with Crippen LogP contribution >= 0.6 is 0 Å². The van der Waals surface area contributed by atoms with Crippen molar-refractivity contribution >= 4 is 12.0 Å². The fourth-order valence-corrected chi connectivity index (χ4v) is 2.14. The van der Waals surface area contributed by atoms with E-state index in [0.29, 0.717) is 32.3 Å². The molecule has 0 atom stereocenters. The molecule has 3 N–H and O–H groups in total. The Bertz CT molecular complexity index is 351. The van der Waals surface area contributed by atoms with Gasteiger partial charge < -0.3 is 25.2 Å². The highest BCUT2D eigenvalue weighted by Gasteiger charge is 2.41. The van der Waals surface area contributed by atoms with E-state index in [-0.39, 0.29) is 12.8 Å². The van der Waals surface area contributed by atoms with Crippen LogP contribution in [0.15, 0.2) is 0 Å². The van der Waals surface area contributed by atoms with Gasteiger partial charge in [0.25, 0.3) is 0 Å². The predicted octanol–water partition coefficient (Wildman–Crippen LogP) is 0.346. The molecule has 1 heterocycles. The van der Waals surface area contributed by atoms with Gasteiger partial charge in [0.15, 0.2) is 0 Å². The quantitative estimate of drug-likeness (QED) is 0.587. The number of rotatable bonds is 7. The number of carbonyl (C=O) groups is 2. The second kappa shape index (κ2) is 6.90. The number of aliphatic carboxylic acids is 1. The molecule has 1 aliphatic carbocycles. The van der Waals surface area contributed by atoms with Gasteiger partial charge in [0, 0.05) is 39.2 Å². The molecule has 20 heavy (non-hydrogen) atoms. The van der Waals surface area contributed by atoms with E-state index in [1.165, 1.54) is 12.8 Å². The van der Waals surface area contributed by atoms with Gasteiger partial charge in [0.1, 0.15) is 5.54 Å². The Balaban J connectivity index is 1.66. The molecule has 0 aromatic carbocycles. The number of carboxylic acid groups (broad SMARTS) is 1. The van der Waals surface area contributed by atoms with Gasteiger partial charge in [-0.3, -0.25) is 0 Å². The number of carboxylic acids is 1. The number of urea groups is 1. The van der Waals surface area contributed by atoms with Gasteiger partial charge in [-0.25, -0.2) is 9.59 Å². The molecular formula is C13H22N2O5. The van der Waals surface area contributed by atoms with Crippen LogP contribution in [0.1, 0.15) is 25.7 Å². The summed E-state index contributed by atoms with van der Waals surface area (Å²) in [5, 5.41) is 14.5. The van der Waals surface area contributed by atoms with Crippen molar-refractivity contribution in [2.75, 3.05) is 33.0 Å². The molecule has 2 rings (SSSR count). The van der Waals surface area contributed by atoms with Crippen molar-refractivity contribution in [3.8, 4) is 0 Å². The lowest BCUT2D eigenvalue weighted by atomic mass is 9.90. The molecule has 1 saturated heterocycles. The summed E-state index contributed by atoms with van der Waals surface area (Å²) in [6.45, 7) is 2.27. The van der Waals surface area contributed by atoms with E-state index in [1.807, 2.05) is 0 Å². The molecule has 7 nitrogen and oxygen atoms in total. The Kier molecular flexibility index (Phi) is 5.19. The largest absolute Gasteiger partial charge is 0.480 e. The minimum atomic E-state index is -1.21. The van der Waals surface area contributed by atoms with E-state index < -0.39 is 17.5 Å². The fraction of sp³-hybridized carbons (Fsp3) is 0.846. The zero-order chi connectivity index (χ0) is 14.4. The average molecular weight is 286 g/mol. The molecule has 1 saturated carbocycles. The number of nitrogens with one attached hydrogen (secondary N) is 2. The minimum Gasteiger partial charge on any atom is -0.480 e. The first kappa shape index (κ1) is 15.1. The highest BCUT2D eigenvalue weighted by atomic mass is 16.5. The van der Waals surface area contributed by atoms with Crippen LogP contribution in [0.5, 0.6) is 0 Å². The molecule has 0 radical (unpaired) electrons. The third-order valence-electron chi connectivity index (χ3n) is 3.69. The average Bonchev–Trinajstić information content (AvgIpc) is 3.23. The Labute approximate surface area is 118 Å². The second-order valence-electron chi connectivity index (χ2n) is 5.40. The molecule has 0 aromatic rings. The number of amides is 2. The Morgan fingerprint density at radius 3 is 2.60 bits per heavy atom. The zero-order valence-electron chi connectivity index (χ0n) is 11.5. The van der Waals surface area contributed by atoms with Crippen LogP contribution in [-0.2, 0) is 14.3 Å². The monoisotopic (exact) mass is 286 g/mol. The molecule has 0 spiro atoms. The lowest BCUT2D eigenvalue weighted by Gasteiger charge is -2.33. The topological polar surface area (TPSA) is 96.9 Å². The van der Waals surface area contributed by atoms with Gasteiger partial charge in [0.2, 0.25) is 0 Å². The summed E-state index contributed by atoms with van der Waals surface area (Å²) >= 11 is 0. The fourth-order valence-electron chi connectivity index (χ4n) is 2.14. The minimum absolute atomic E-state index is 0.286. The maximum Gasteiger partial charge on any atom is 0.329 e. The van der Waals surface area contributed by atoms with E-state index in [0.717, 1.165) is 6.61 Å². The van der Waals surface area contributed by atoms with Gasteiger partial charge >= 0.3 is 12.0 Å². The van der Waals surface area contributed by atoms with E-state index >= 15 is 0 Å². The molecular weight excluding hydrogens is 264 g/mol. The molecule has 0 aromatic heterocycles. The Hall–Kier alpha value is -1.34. The summed E-state index contributed by atoms with van der Waals surface area (Å²) in [5.74, 6) is -0.317. The zero-order valence-corrected chi connectivity index (χ0v) is 11.5. The van der Waals surface area contributed by atoms with Gasteiger partial charge in [-0.15, -0.1) is 0 Å². The van der Waals surface area contributed by atoms with E-state index in [4.69, 9.17) is 9.47 Å². The summed E-state index contributed by atoms with van der Waals surface area (Å²) in [6.07, 6.45) is 3.04. The SMILES string of the molecule is O=C(NCCOCC1CC1)NC1(C(=O)O)CCOCC1. The lowest BCUT2D eigenvalue weighted by Crippen LogP contribution is -2.59. The maximum atomic E-state index is 11.7. The molecule has 2 fully saturated rings. The standard InChI is InChI=1S/C13H22N2O5/c16-11(17)13(3-6-19-7-4-13)15-12(18)14-5-8-20-9-10-1-2-10/h10H,1-9H2,(H,16,17)(H2,14,15,18). The van der Waals surface area contributed by atoms with Crippen LogP contribution in [0.25, 0.3) is 0 Å². The van der Waals surface area contributed by atoms with Crippen molar-refractivity contribution in [2.45, 2.75) is 31.2 Å². The van der Waals surface area contributed by atoms with E-state index in [1.54, 1.807) is 0 Å². The van der Waals surface area contributed by atoms with Crippen molar-refractivity contribution in [3.05, 3.63) is 0 Å². The lowest BCUT2D eigenvalue weighted by molar-refractivity contribution is -0.148. The third-order valence-corrected chi connectivity index (χ3v) is 3.69. The summed E-state index contributed by atoms with van der Waals surface area (Å²) in [4.78, 5) is 23.1. The number of ether oxygens (including phenoxy) is 2. The summed E-state index contributed by atoms with van der Waals surface area (Å²) < 4.78 is 10.5. The highest BCUT2D eigenvalue weighted by molar-refractivity contribution is 5.86. The molecule has 2 amide bonds. The van der Waals surface area contributed by atoms with E-state index in [9.17, 15) is 14.7 Å². The van der Waals surface area contributed by atoms with Gasteiger partial charge in [-0.05, 0) is 18.8 Å². The first-order valence-corrected chi connectivity index (χ1v) is 7.07. The Morgan fingerprint density at radius 1 is 1.30 bits per heavy atom. The van der Waals surface area contributed by atoms with E-state index in [2.05, 4.69) is 10.6 Å². The first-order chi connectivity index (χ1) is 9.62. The van der Waals surface area contributed by atoms with Crippen LogP contribution in [0, 0.1) is 5.92 Å². The van der Waals surface area contributed by atoms with Gasteiger partial charge in [-0.2, -0.15) is 0 Å². The summed E-state index contributed by atoms with van der Waals surface area (Å²) in [5.41, 5.74) is -1.21. The highest BCUT2D eigenvalue weighted by Crippen LogP contribution is 2.28. The molecule has 2 aliphatic rings. The number of hydrogen-bond donors (Lipinski definition) is 3. The number of carbonyl (C=O) groups excluding carboxylic acids is 1. The predicted molar refractivity (Wildman–Crippen MR) is 70.5 cm³/mol. The Morgan fingerprint density at radius 2 is 2.00 bits per heavy atom. The summed E-state index contributed by atoms with van der Waals surface area (Å²) in [6, 6.07) is -0.468.